The number of carbonyl (C=O) groups excluding carboxylic acids is 2. The number of rotatable bonds is 5. The number of nitro benzene ring substituents is 1. The summed E-state index contributed by atoms with van der Waals surface area (Å²) in [5, 5.41) is 13.7. The van der Waals surface area contributed by atoms with Gasteiger partial charge in [0.1, 0.15) is 0 Å². The molecule has 0 spiro atoms. The largest absolute Gasteiger partial charge is 0.449 e. The number of hydrogen-bond acceptors (Lipinski definition) is 5. The Morgan fingerprint density at radius 3 is 2.38 bits per heavy atom. The first kappa shape index (κ1) is 19.1. The molecule has 0 saturated heterocycles. The third kappa shape index (κ3) is 4.05. The van der Waals surface area contributed by atoms with E-state index in [0.29, 0.717) is 5.69 Å². The number of carbonyl (C=O) groups is 2. The SMILES string of the molecule is Cc1cccc(NC(=O)[C@@H](C)OC(=O)c2cccc([N+](=O)[O-])c2C)c1C. The molecule has 0 radical (unpaired) electrons. The van der Waals surface area contributed by atoms with Crippen LogP contribution in [-0.4, -0.2) is 22.9 Å². The molecule has 1 atom stereocenters. The Hall–Kier alpha value is -3.22. The molecule has 0 aliphatic carbocycles. The minimum atomic E-state index is -1.05. The van der Waals surface area contributed by atoms with Crippen LogP contribution in [0.25, 0.3) is 0 Å². The molecule has 2 rings (SSSR count). The quantitative estimate of drug-likeness (QED) is 0.500. The van der Waals surface area contributed by atoms with Crippen molar-refractivity contribution in [2.75, 3.05) is 5.32 Å². The van der Waals surface area contributed by atoms with Crippen molar-refractivity contribution in [1.29, 1.82) is 0 Å². The molecule has 0 aliphatic heterocycles. The molecule has 0 bridgehead atoms. The number of benzene rings is 2. The normalized spacial score (nSPS) is 11.5. The van der Waals surface area contributed by atoms with Crippen molar-refractivity contribution >= 4 is 23.3 Å². The Morgan fingerprint density at radius 1 is 1.08 bits per heavy atom. The minimum absolute atomic E-state index is 0.0607. The zero-order valence-corrected chi connectivity index (χ0v) is 15.0. The smallest absolute Gasteiger partial charge is 0.339 e. The summed E-state index contributed by atoms with van der Waals surface area (Å²) in [6.45, 7) is 6.73. The number of nitro groups is 1. The molecule has 136 valence electrons. The predicted molar refractivity (Wildman–Crippen MR) is 97.3 cm³/mol. The Balaban J connectivity index is 2.12. The summed E-state index contributed by atoms with van der Waals surface area (Å²) in [5.41, 5.74) is 2.68. The zero-order chi connectivity index (χ0) is 19.4. The summed E-state index contributed by atoms with van der Waals surface area (Å²) >= 11 is 0. The minimum Gasteiger partial charge on any atom is -0.449 e. The van der Waals surface area contributed by atoms with Gasteiger partial charge in [-0.25, -0.2) is 4.79 Å². The predicted octanol–water partition coefficient (Wildman–Crippen LogP) is 3.70. The molecule has 0 saturated carbocycles. The Bertz CT molecular complexity index is 876. The molecule has 7 nitrogen and oxygen atoms in total. The van der Waals surface area contributed by atoms with Crippen LogP contribution in [0.1, 0.15) is 34.0 Å². The average Bonchev–Trinajstić information content (AvgIpc) is 2.58. The van der Waals surface area contributed by atoms with Gasteiger partial charge in [-0.15, -0.1) is 0 Å². The van der Waals surface area contributed by atoms with Crippen molar-refractivity contribution in [3.63, 3.8) is 0 Å². The standard InChI is InChI=1S/C19H20N2O5/c1-11-7-5-9-16(12(11)2)20-18(22)14(4)26-19(23)15-8-6-10-17(13(15)3)21(24)25/h5-10,14H,1-4H3,(H,20,22)/t14-/m1/s1. The first-order valence-corrected chi connectivity index (χ1v) is 8.04. The summed E-state index contributed by atoms with van der Waals surface area (Å²) < 4.78 is 5.18. The molecule has 0 aliphatic rings. The molecule has 0 unspecified atom stereocenters. The van der Waals surface area contributed by atoms with E-state index in [1.807, 2.05) is 26.0 Å². The number of hydrogen-bond donors (Lipinski definition) is 1. The summed E-state index contributed by atoms with van der Waals surface area (Å²) in [5.74, 6) is -1.26. The van der Waals surface area contributed by atoms with Crippen molar-refractivity contribution in [2.24, 2.45) is 0 Å². The van der Waals surface area contributed by atoms with E-state index in [1.54, 1.807) is 6.07 Å². The molecule has 1 N–H and O–H groups in total. The van der Waals surface area contributed by atoms with Gasteiger partial charge in [0.15, 0.2) is 6.10 Å². The molecule has 2 aromatic rings. The van der Waals surface area contributed by atoms with E-state index < -0.39 is 22.9 Å². The second kappa shape index (κ2) is 7.77. The Labute approximate surface area is 151 Å². The first-order valence-electron chi connectivity index (χ1n) is 8.04. The van der Waals surface area contributed by atoms with Gasteiger partial charge in [0.25, 0.3) is 11.6 Å². The molecular formula is C19H20N2O5. The van der Waals surface area contributed by atoms with E-state index in [2.05, 4.69) is 5.32 Å². The van der Waals surface area contributed by atoms with Gasteiger partial charge in [0, 0.05) is 17.3 Å². The summed E-state index contributed by atoms with van der Waals surface area (Å²) in [4.78, 5) is 35.0. The fraction of sp³-hybridized carbons (Fsp3) is 0.263. The van der Waals surface area contributed by atoms with E-state index in [-0.39, 0.29) is 16.8 Å². The van der Waals surface area contributed by atoms with Crippen molar-refractivity contribution in [2.45, 2.75) is 33.8 Å². The van der Waals surface area contributed by atoms with Crippen LogP contribution < -0.4 is 5.32 Å². The van der Waals surface area contributed by atoms with Gasteiger partial charge in [-0.3, -0.25) is 14.9 Å². The Morgan fingerprint density at radius 2 is 1.73 bits per heavy atom. The van der Waals surface area contributed by atoms with E-state index >= 15 is 0 Å². The van der Waals surface area contributed by atoms with E-state index in [9.17, 15) is 19.7 Å². The van der Waals surface area contributed by atoms with Crippen molar-refractivity contribution in [3.8, 4) is 0 Å². The maximum Gasteiger partial charge on any atom is 0.339 e. The molecule has 1 amide bonds. The summed E-state index contributed by atoms with van der Waals surface area (Å²) in [6, 6.07) is 9.66. The monoisotopic (exact) mass is 356 g/mol. The highest BCUT2D eigenvalue weighted by molar-refractivity contribution is 5.98. The van der Waals surface area contributed by atoms with Crippen LogP contribution in [-0.2, 0) is 9.53 Å². The van der Waals surface area contributed by atoms with Crippen LogP contribution in [0.5, 0.6) is 0 Å². The lowest BCUT2D eigenvalue weighted by Crippen LogP contribution is -2.30. The first-order chi connectivity index (χ1) is 12.2. The average molecular weight is 356 g/mol. The van der Waals surface area contributed by atoms with E-state index in [4.69, 9.17) is 4.74 Å². The van der Waals surface area contributed by atoms with Crippen LogP contribution >= 0.6 is 0 Å². The number of esters is 1. The van der Waals surface area contributed by atoms with Gasteiger partial charge >= 0.3 is 5.97 Å². The van der Waals surface area contributed by atoms with Gasteiger partial charge < -0.3 is 10.1 Å². The maximum atomic E-state index is 12.3. The second-order valence-corrected chi connectivity index (χ2v) is 5.99. The van der Waals surface area contributed by atoms with Crippen LogP contribution in [0.3, 0.4) is 0 Å². The summed E-state index contributed by atoms with van der Waals surface area (Å²) in [7, 11) is 0. The number of nitrogens with one attached hydrogen (secondary N) is 1. The fourth-order valence-electron chi connectivity index (χ4n) is 2.44. The third-order valence-electron chi connectivity index (χ3n) is 4.24. The third-order valence-corrected chi connectivity index (χ3v) is 4.24. The van der Waals surface area contributed by atoms with Crippen LogP contribution in [0, 0.1) is 30.9 Å². The number of aryl methyl sites for hydroxylation is 1. The lowest BCUT2D eigenvalue weighted by atomic mass is 10.1. The van der Waals surface area contributed by atoms with Gasteiger partial charge in [0.2, 0.25) is 0 Å². The topological polar surface area (TPSA) is 98.5 Å². The van der Waals surface area contributed by atoms with Gasteiger partial charge in [-0.05, 0) is 51.0 Å². The lowest BCUT2D eigenvalue weighted by Gasteiger charge is -2.16. The summed E-state index contributed by atoms with van der Waals surface area (Å²) in [6.07, 6.45) is -1.05. The molecule has 0 heterocycles. The molecular weight excluding hydrogens is 336 g/mol. The molecule has 0 fully saturated rings. The fourth-order valence-corrected chi connectivity index (χ4v) is 2.44. The van der Waals surface area contributed by atoms with Gasteiger partial charge in [-0.2, -0.15) is 0 Å². The second-order valence-electron chi connectivity index (χ2n) is 5.99. The number of anilines is 1. The molecule has 26 heavy (non-hydrogen) atoms. The van der Waals surface area contributed by atoms with Crippen LogP contribution in [0.4, 0.5) is 11.4 Å². The number of amides is 1. The molecule has 2 aromatic carbocycles. The molecule has 0 aromatic heterocycles. The van der Waals surface area contributed by atoms with E-state index in [1.165, 1.54) is 32.0 Å². The Kier molecular flexibility index (Phi) is 5.71. The van der Waals surface area contributed by atoms with Crippen LogP contribution in [0.15, 0.2) is 36.4 Å². The van der Waals surface area contributed by atoms with Crippen molar-refractivity contribution in [1.82, 2.24) is 0 Å². The van der Waals surface area contributed by atoms with Crippen molar-refractivity contribution < 1.29 is 19.2 Å². The van der Waals surface area contributed by atoms with E-state index in [0.717, 1.165) is 11.1 Å². The van der Waals surface area contributed by atoms with Crippen molar-refractivity contribution in [3.05, 3.63) is 68.8 Å². The van der Waals surface area contributed by atoms with Crippen LogP contribution in [0.2, 0.25) is 0 Å². The van der Waals surface area contributed by atoms with Gasteiger partial charge in [0.05, 0.1) is 10.5 Å². The molecule has 7 heteroatoms. The maximum absolute atomic E-state index is 12.3. The number of nitrogens with zero attached hydrogens (tertiary/aromatic N) is 1. The highest BCUT2D eigenvalue weighted by atomic mass is 16.6. The zero-order valence-electron chi connectivity index (χ0n) is 15.0. The lowest BCUT2D eigenvalue weighted by molar-refractivity contribution is -0.385. The number of ether oxygens (including phenoxy) is 1. The van der Waals surface area contributed by atoms with Gasteiger partial charge in [-0.1, -0.05) is 18.2 Å². The highest BCUT2D eigenvalue weighted by Gasteiger charge is 2.23. The highest BCUT2D eigenvalue weighted by Crippen LogP contribution is 2.22.